The van der Waals surface area contributed by atoms with E-state index in [1.165, 1.54) is 5.56 Å². The van der Waals surface area contributed by atoms with E-state index in [9.17, 15) is 0 Å². The largest absolute Gasteiger partial charge is 0.493 e. The molecule has 1 aromatic rings. The van der Waals surface area contributed by atoms with Crippen molar-refractivity contribution < 1.29 is 4.74 Å². The molecule has 1 aliphatic rings. The first-order chi connectivity index (χ1) is 9.48. The van der Waals surface area contributed by atoms with Crippen molar-refractivity contribution >= 4 is 0 Å². The third-order valence-electron chi connectivity index (χ3n) is 3.82. The molecule has 0 aliphatic carbocycles. The van der Waals surface area contributed by atoms with E-state index in [-0.39, 0.29) is 0 Å². The number of fused-ring (bicyclic) bond motifs is 1. The Labute approximate surface area is 123 Å². The van der Waals surface area contributed by atoms with E-state index in [0.29, 0.717) is 11.3 Å². The number of nitrogens with zero attached hydrogens (tertiary/aromatic N) is 1. The molecule has 112 valence electrons. The summed E-state index contributed by atoms with van der Waals surface area (Å²) in [5, 5.41) is 3.66. The van der Waals surface area contributed by atoms with E-state index < -0.39 is 0 Å². The highest BCUT2D eigenvalue weighted by atomic mass is 16.5. The fraction of sp³-hybridized carbons (Fsp3) is 0.647. The molecule has 3 heteroatoms. The molecule has 0 amide bonds. The molecule has 2 rings (SSSR count). The van der Waals surface area contributed by atoms with Crippen LogP contribution in [0.3, 0.4) is 0 Å². The molecule has 1 unspecified atom stereocenters. The van der Waals surface area contributed by atoms with Gasteiger partial charge < -0.3 is 15.0 Å². The number of rotatable bonds is 6. The van der Waals surface area contributed by atoms with Gasteiger partial charge in [-0.1, -0.05) is 32.0 Å². The fourth-order valence-electron chi connectivity index (χ4n) is 3.12. The van der Waals surface area contributed by atoms with Crippen molar-refractivity contribution in [1.29, 1.82) is 0 Å². The van der Waals surface area contributed by atoms with E-state index in [0.717, 1.165) is 38.4 Å². The Morgan fingerprint density at radius 2 is 2.05 bits per heavy atom. The SMILES string of the molecule is CN(C)CC(C)(C)CNCC1CCOc2ccccc21. The molecule has 1 atom stereocenters. The van der Waals surface area contributed by atoms with Crippen molar-refractivity contribution in [2.24, 2.45) is 5.41 Å². The maximum absolute atomic E-state index is 5.72. The van der Waals surface area contributed by atoms with Crippen molar-refractivity contribution in [2.45, 2.75) is 26.2 Å². The molecule has 3 nitrogen and oxygen atoms in total. The molecule has 0 saturated carbocycles. The van der Waals surface area contributed by atoms with E-state index in [1.807, 2.05) is 0 Å². The summed E-state index contributed by atoms with van der Waals surface area (Å²) in [6.45, 7) is 8.66. The minimum Gasteiger partial charge on any atom is -0.493 e. The molecule has 20 heavy (non-hydrogen) atoms. The van der Waals surface area contributed by atoms with Crippen LogP contribution < -0.4 is 10.1 Å². The van der Waals surface area contributed by atoms with Gasteiger partial charge in [0.05, 0.1) is 6.61 Å². The second-order valence-electron chi connectivity index (χ2n) is 6.90. The Kier molecular flexibility index (Phi) is 5.06. The number of nitrogens with one attached hydrogen (secondary N) is 1. The van der Waals surface area contributed by atoms with E-state index in [4.69, 9.17) is 4.74 Å². The molecule has 1 aliphatic heterocycles. The summed E-state index contributed by atoms with van der Waals surface area (Å²) < 4.78 is 5.72. The summed E-state index contributed by atoms with van der Waals surface area (Å²) in [5.74, 6) is 1.65. The Bertz CT molecular complexity index is 429. The lowest BCUT2D eigenvalue weighted by atomic mass is 9.90. The topological polar surface area (TPSA) is 24.5 Å². The Morgan fingerprint density at radius 1 is 1.30 bits per heavy atom. The molecule has 1 aromatic carbocycles. The first-order valence-electron chi connectivity index (χ1n) is 7.55. The van der Waals surface area contributed by atoms with Crippen LogP contribution in [0.1, 0.15) is 31.7 Å². The number of para-hydroxylation sites is 1. The van der Waals surface area contributed by atoms with Crippen LogP contribution >= 0.6 is 0 Å². The minimum atomic E-state index is 0.300. The van der Waals surface area contributed by atoms with Crippen molar-refractivity contribution in [3.8, 4) is 5.75 Å². The van der Waals surface area contributed by atoms with Gasteiger partial charge in [0.2, 0.25) is 0 Å². The van der Waals surface area contributed by atoms with Gasteiger partial charge in [-0.3, -0.25) is 0 Å². The van der Waals surface area contributed by atoms with E-state index >= 15 is 0 Å². The smallest absolute Gasteiger partial charge is 0.122 e. The summed E-state index contributed by atoms with van der Waals surface area (Å²) in [7, 11) is 4.27. The number of hydrogen-bond donors (Lipinski definition) is 1. The van der Waals surface area contributed by atoms with Gasteiger partial charge in [0.1, 0.15) is 5.75 Å². The highest BCUT2D eigenvalue weighted by molar-refractivity contribution is 5.37. The summed E-state index contributed by atoms with van der Waals surface area (Å²) in [4.78, 5) is 2.26. The Balaban J connectivity index is 1.86. The van der Waals surface area contributed by atoms with Crippen LogP contribution in [0.2, 0.25) is 0 Å². The molecule has 0 spiro atoms. The van der Waals surface area contributed by atoms with Crippen LogP contribution in [0.25, 0.3) is 0 Å². The van der Waals surface area contributed by atoms with Crippen LogP contribution in [-0.4, -0.2) is 45.2 Å². The average Bonchev–Trinajstić information content (AvgIpc) is 2.37. The summed E-state index contributed by atoms with van der Waals surface area (Å²) in [5.41, 5.74) is 1.66. The molecular formula is C17H28N2O. The standard InChI is InChI=1S/C17H28N2O/c1-17(2,13-19(3)4)12-18-11-14-9-10-20-16-8-6-5-7-15(14)16/h5-8,14,18H,9-13H2,1-4H3. The summed E-state index contributed by atoms with van der Waals surface area (Å²) in [6, 6.07) is 8.44. The predicted octanol–water partition coefficient (Wildman–Crippen LogP) is 2.73. The molecular weight excluding hydrogens is 248 g/mol. The molecule has 1 N–H and O–H groups in total. The van der Waals surface area contributed by atoms with Gasteiger partial charge in [-0.15, -0.1) is 0 Å². The lowest BCUT2D eigenvalue weighted by Crippen LogP contribution is -2.39. The van der Waals surface area contributed by atoms with Crippen molar-refractivity contribution in [1.82, 2.24) is 10.2 Å². The van der Waals surface area contributed by atoms with Crippen LogP contribution in [0.5, 0.6) is 5.75 Å². The lowest BCUT2D eigenvalue weighted by molar-refractivity contribution is 0.225. The maximum atomic E-state index is 5.72. The second-order valence-corrected chi connectivity index (χ2v) is 6.90. The second kappa shape index (κ2) is 6.59. The molecule has 1 heterocycles. The zero-order chi connectivity index (χ0) is 14.6. The third-order valence-corrected chi connectivity index (χ3v) is 3.82. The van der Waals surface area contributed by atoms with E-state index in [1.54, 1.807) is 0 Å². The van der Waals surface area contributed by atoms with E-state index in [2.05, 4.69) is 62.4 Å². The number of benzene rings is 1. The van der Waals surface area contributed by atoms with Gasteiger partial charge in [-0.2, -0.15) is 0 Å². The van der Waals surface area contributed by atoms with Gasteiger partial charge in [0.15, 0.2) is 0 Å². The Morgan fingerprint density at radius 3 is 2.80 bits per heavy atom. The Hall–Kier alpha value is -1.06. The van der Waals surface area contributed by atoms with Crippen molar-refractivity contribution in [3.63, 3.8) is 0 Å². The third kappa shape index (κ3) is 4.22. The zero-order valence-electron chi connectivity index (χ0n) is 13.3. The first kappa shape index (κ1) is 15.3. The zero-order valence-corrected chi connectivity index (χ0v) is 13.3. The van der Waals surface area contributed by atoms with Gasteiger partial charge in [-0.25, -0.2) is 0 Å². The van der Waals surface area contributed by atoms with Gasteiger partial charge >= 0.3 is 0 Å². The van der Waals surface area contributed by atoms with Crippen LogP contribution in [0.4, 0.5) is 0 Å². The van der Waals surface area contributed by atoms with Gasteiger partial charge in [0.25, 0.3) is 0 Å². The van der Waals surface area contributed by atoms with Crippen LogP contribution in [-0.2, 0) is 0 Å². The van der Waals surface area contributed by atoms with Crippen molar-refractivity contribution in [2.75, 3.05) is 40.3 Å². The highest BCUT2D eigenvalue weighted by Gasteiger charge is 2.23. The molecule has 0 radical (unpaired) electrons. The number of ether oxygens (including phenoxy) is 1. The van der Waals surface area contributed by atoms with Crippen LogP contribution in [0, 0.1) is 5.41 Å². The van der Waals surface area contributed by atoms with Crippen molar-refractivity contribution in [3.05, 3.63) is 29.8 Å². The normalized spacial score (nSPS) is 18.8. The monoisotopic (exact) mass is 276 g/mol. The summed E-state index contributed by atoms with van der Waals surface area (Å²) >= 11 is 0. The van der Waals surface area contributed by atoms with Gasteiger partial charge in [-0.05, 0) is 37.6 Å². The first-order valence-corrected chi connectivity index (χ1v) is 7.55. The highest BCUT2D eigenvalue weighted by Crippen LogP contribution is 2.32. The number of hydrogen-bond acceptors (Lipinski definition) is 3. The van der Waals surface area contributed by atoms with Crippen LogP contribution in [0.15, 0.2) is 24.3 Å². The molecule has 0 fully saturated rings. The average molecular weight is 276 g/mol. The lowest BCUT2D eigenvalue weighted by Gasteiger charge is -2.31. The molecule has 0 aromatic heterocycles. The predicted molar refractivity (Wildman–Crippen MR) is 84.5 cm³/mol. The quantitative estimate of drug-likeness (QED) is 0.864. The minimum absolute atomic E-state index is 0.300. The fourth-order valence-corrected chi connectivity index (χ4v) is 3.12. The molecule has 0 bridgehead atoms. The molecule has 0 saturated heterocycles. The van der Waals surface area contributed by atoms with Gasteiger partial charge in [0, 0.05) is 25.6 Å². The maximum Gasteiger partial charge on any atom is 0.122 e. The summed E-state index contributed by atoms with van der Waals surface area (Å²) in [6.07, 6.45) is 1.11.